The van der Waals surface area contributed by atoms with Crippen LogP contribution >= 0.6 is 0 Å². The first-order valence-electron chi connectivity index (χ1n) is 6.92. The molecule has 0 atom stereocenters. The summed E-state index contributed by atoms with van der Waals surface area (Å²) in [5, 5.41) is 10.9. The molecule has 23 heavy (non-hydrogen) atoms. The zero-order valence-electron chi connectivity index (χ0n) is 12.7. The summed E-state index contributed by atoms with van der Waals surface area (Å²) in [5.74, 6) is 0. The summed E-state index contributed by atoms with van der Waals surface area (Å²) in [5.41, 5.74) is -0.825. The molecule has 0 aliphatic rings. The molecule has 0 aliphatic heterocycles. The molecule has 1 aromatic heterocycles. The van der Waals surface area contributed by atoms with Gasteiger partial charge in [0.25, 0.3) is 0 Å². The van der Waals surface area contributed by atoms with Crippen molar-refractivity contribution >= 4 is 23.5 Å². The van der Waals surface area contributed by atoms with Gasteiger partial charge in [0.15, 0.2) is 0 Å². The van der Waals surface area contributed by atoms with Gasteiger partial charge >= 0.3 is 16.9 Å². The molecule has 0 spiro atoms. The van der Waals surface area contributed by atoms with Crippen LogP contribution in [0.25, 0.3) is 12.2 Å². The lowest BCUT2D eigenvalue weighted by molar-refractivity contribution is -0.386. The maximum atomic E-state index is 11.5. The summed E-state index contributed by atoms with van der Waals surface area (Å²) < 4.78 is 0. The molecule has 0 bridgehead atoms. The smallest absolute Gasteiger partial charge is 0.357 e. The topological polar surface area (TPSA) is 112 Å². The van der Waals surface area contributed by atoms with Crippen LogP contribution in [-0.2, 0) is 0 Å². The van der Waals surface area contributed by atoms with Crippen LogP contribution in [0, 0.1) is 10.1 Å². The van der Waals surface area contributed by atoms with E-state index in [2.05, 4.69) is 9.88 Å². The lowest BCUT2D eigenvalue weighted by Crippen LogP contribution is -2.25. The van der Waals surface area contributed by atoms with E-state index in [1.807, 2.05) is 43.2 Å². The maximum absolute atomic E-state index is 11.5. The third-order valence-electron chi connectivity index (χ3n) is 3.38. The Morgan fingerprint density at radius 3 is 2.39 bits per heavy atom. The molecule has 120 valence electrons. The van der Waals surface area contributed by atoms with Gasteiger partial charge in [0.05, 0.1) is 4.92 Å². The molecule has 0 saturated carbocycles. The zero-order chi connectivity index (χ0) is 17.0. The van der Waals surface area contributed by atoms with Crippen molar-refractivity contribution in [2.45, 2.75) is 6.92 Å². The Hall–Kier alpha value is -3.16. The molecule has 0 fully saturated rings. The van der Waals surface area contributed by atoms with E-state index in [-0.39, 0.29) is 5.69 Å². The number of nitrogens with one attached hydrogen (secondary N) is 2. The van der Waals surface area contributed by atoms with Gasteiger partial charge in [-0.2, -0.15) is 0 Å². The number of benzene rings is 1. The van der Waals surface area contributed by atoms with Gasteiger partial charge in [-0.05, 0) is 30.7 Å². The van der Waals surface area contributed by atoms with Crippen LogP contribution in [0.15, 0.2) is 33.9 Å². The number of H-pyrrole nitrogens is 2. The summed E-state index contributed by atoms with van der Waals surface area (Å²) in [6.45, 7) is 2.91. The number of hydrogen-bond donors (Lipinski definition) is 2. The maximum Gasteiger partial charge on any atom is 0.357 e. The molecule has 1 aromatic carbocycles. The molecule has 0 aliphatic carbocycles. The predicted molar refractivity (Wildman–Crippen MR) is 88.7 cm³/mol. The molecule has 2 N–H and O–H groups in total. The van der Waals surface area contributed by atoms with E-state index in [4.69, 9.17) is 0 Å². The number of rotatable bonds is 5. The number of nitrogens with zero attached hydrogens (tertiary/aromatic N) is 2. The minimum atomic E-state index is -1.03. The van der Waals surface area contributed by atoms with Crippen LogP contribution in [0.4, 0.5) is 11.4 Å². The van der Waals surface area contributed by atoms with Gasteiger partial charge in [-0.1, -0.05) is 18.2 Å². The molecule has 0 unspecified atom stereocenters. The Kier molecular flexibility index (Phi) is 4.75. The van der Waals surface area contributed by atoms with E-state index in [0.717, 1.165) is 17.8 Å². The van der Waals surface area contributed by atoms with Crippen LogP contribution in [0.5, 0.6) is 0 Å². The van der Waals surface area contributed by atoms with Gasteiger partial charge in [-0.15, -0.1) is 0 Å². The zero-order valence-corrected chi connectivity index (χ0v) is 12.7. The second-order valence-electron chi connectivity index (χ2n) is 4.87. The standard InChI is InChI=1S/C15H16N4O4/c1-3-18(2)11-7-4-10(5-8-11)6-9-12-13(19(22)23)14(20)17-15(21)16-12/h4-9H,3H2,1-2H3,(H2,16,17,20,21)/b9-6+. The van der Waals surface area contributed by atoms with Crippen LogP contribution in [0.3, 0.4) is 0 Å². The average molecular weight is 316 g/mol. The van der Waals surface area contributed by atoms with Crippen molar-refractivity contribution in [3.05, 3.63) is 66.5 Å². The van der Waals surface area contributed by atoms with Crippen molar-refractivity contribution in [1.82, 2.24) is 9.97 Å². The third kappa shape index (κ3) is 3.73. The Balaban J connectivity index is 2.35. The molecule has 0 radical (unpaired) electrons. The normalized spacial score (nSPS) is 10.9. The van der Waals surface area contributed by atoms with Gasteiger partial charge in [0, 0.05) is 19.3 Å². The molecule has 1 heterocycles. The minimum Gasteiger partial charge on any atom is -0.375 e. The van der Waals surface area contributed by atoms with Gasteiger partial charge in [-0.25, -0.2) is 4.79 Å². The number of nitro groups is 1. The summed E-state index contributed by atoms with van der Waals surface area (Å²) in [6, 6.07) is 7.51. The largest absolute Gasteiger partial charge is 0.375 e. The first-order valence-corrected chi connectivity index (χ1v) is 6.92. The van der Waals surface area contributed by atoms with Crippen molar-refractivity contribution < 1.29 is 4.92 Å². The molecule has 8 heteroatoms. The second kappa shape index (κ2) is 6.73. The van der Waals surface area contributed by atoms with E-state index < -0.39 is 21.9 Å². The van der Waals surface area contributed by atoms with E-state index in [0.29, 0.717) is 0 Å². The summed E-state index contributed by atoms with van der Waals surface area (Å²) in [7, 11) is 1.97. The molecule has 0 amide bonds. The van der Waals surface area contributed by atoms with Crippen molar-refractivity contribution in [2.75, 3.05) is 18.5 Å². The second-order valence-corrected chi connectivity index (χ2v) is 4.87. The van der Waals surface area contributed by atoms with Crippen LogP contribution in [-0.4, -0.2) is 28.5 Å². The van der Waals surface area contributed by atoms with Gasteiger partial charge in [-0.3, -0.25) is 19.9 Å². The van der Waals surface area contributed by atoms with Crippen LogP contribution in [0.1, 0.15) is 18.2 Å². The lowest BCUT2D eigenvalue weighted by Gasteiger charge is -2.16. The Morgan fingerprint density at radius 1 is 1.17 bits per heavy atom. The fraction of sp³-hybridized carbons (Fsp3) is 0.200. The summed E-state index contributed by atoms with van der Waals surface area (Å²) in [4.78, 5) is 39.1. The Morgan fingerprint density at radius 2 is 1.83 bits per heavy atom. The fourth-order valence-corrected chi connectivity index (χ4v) is 2.00. The van der Waals surface area contributed by atoms with Crippen LogP contribution in [0.2, 0.25) is 0 Å². The molecular formula is C15H16N4O4. The van der Waals surface area contributed by atoms with Gasteiger partial charge in [0.1, 0.15) is 5.69 Å². The molecule has 2 rings (SSSR count). The van der Waals surface area contributed by atoms with Crippen molar-refractivity contribution in [2.24, 2.45) is 0 Å². The molecule has 8 nitrogen and oxygen atoms in total. The third-order valence-corrected chi connectivity index (χ3v) is 3.38. The predicted octanol–water partition coefficient (Wildman–Crippen LogP) is 1.60. The van der Waals surface area contributed by atoms with Crippen LogP contribution < -0.4 is 16.1 Å². The highest BCUT2D eigenvalue weighted by atomic mass is 16.6. The molecular weight excluding hydrogens is 300 g/mol. The van der Waals surface area contributed by atoms with E-state index >= 15 is 0 Å². The van der Waals surface area contributed by atoms with Crippen molar-refractivity contribution in [1.29, 1.82) is 0 Å². The number of aromatic nitrogens is 2. The Bertz CT molecular complexity index is 849. The monoisotopic (exact) mass is 316 g/mol. The van der Waals surface area contributed by atoms with Gasteiger partial charge in [0.2, 0.25) is 0 Å². The first-order chi connectivity index (χ1) is 10.9. The minimum absolute atomic E-state index is 0.140. The lowest BCUT2D eigenvalue weighted by atomic mass is 10.1. The van der Waals surface area contributed by atoms with E-state index in [1.54, 1.807) is 6.08 Å². The van der Waals surface area contributed by atoms with E-state index in [9.17, 15) is 19.7 Å². The fourth-order valence-electron chi connectivity index (χ4n) is 2.00. The Labute approximate surface area is 131 Å². The highest BCUT2D eigenvalue weighted by molar-refractivity contribution is 5.72. The average Bonchev–Trinajstić information content (AvgIpc) is 2.51. The summed E-state index contributed by atoms with van der Waals surface area (Å²) in [6.07, 6.45) is 2.93. The first kappa shape index (κ1) is 16.2. The quantitative estimate of drug-likeness (QED) is 0.642. The SMILES string of the molecule is CCN(C)c1ccc(/C=C/c2[nH]c(=O)[nH]c(=O)c2[N+](=O)[O-])cc1. The van der Waals surface area contributed by atoms with Crippen molar-refractivity contribution in [3.8, 4) is 0 Å². The highest BCUT2D eigenvalue weighted by Gasteiger charge is 2.18. The van der Waals surface area contributed by atoms with Gasteiger partial charge < -0.3 is 9.88 Å². The van der Waals surface area contributed by atoms with E-state index in [1.165, 1.54) is 6.08 Å². The number of anilines is 1. The summed E-state index contributed by atoms with van der Waals surface area (Å²) >= 11 is 0. The number of hydrogen-bond acceptors (Lipinski definition) is 5. The molecule has 0 saturated heterocycles. The number of aromatic amines is 2. The molecule has 2 aromatic rings. The van der Waals surface area contributed by atoms with Crippen molar-refractivity contribution in [3.63, 3.8) is 0 Å². The highest BCUT2D eigenvalue weighted by Crippen LogP contribution is 2.16.